The minimum Gasteiger partial charge on any atom is -0.469 e. The van der Waals surface area contributed by atoms with Gasteiger partial charge in [0.25, 0.3) is 5.91 Å². The molecule has 0 saturated heterocycles. The van der Waals surface area contributed by atoms with Crippen LogP contribution in [0.15, 0.2) is 18.2 Å². The highest BCUT2D eigenvalue weighted by molar-refractivity contribution is 5.95. The lowest BCUT2D eigenvalue weighted by molar-refractivity contribution is -0.145. The second kappa shape index (κ2) is 9.24. The van der Waals surface area contributed by atoms with Crippen molar-refractivity contribution in [2.24, 2.45) is 5.92 Å². The summed E-state index contributed by atoms with van der Waals surface area (Å²) in [7, 11) is 1.31. The first-order valence-electron chi connectivity index (χ1n) is 8.02. The average molecular weight is 353 g/mol. The molecule has 0 saturated carbocycles. The monoisotopic (exact) mass is 353 g/mol. The summed E-state index contributed by atoms with van der Waals surface area (Å²) in [5.74, 6) is 0.00266. The number of hydrogen-bond acceptors (Lipinski definition) is 7. The number of methoxy groups -OCH3 is 1. The number of rotatable bonds is 9. The zero-order chi connectivity index (χ0) is 18.2. The summed E-state index contributed by atoms with van der Waals surface area (Å²) in [5, 5.41) is 8.77. The molecule has 2 rings (SSSR count). The first-order chi connectivity index (χ1) is 12.1. The quantitative estimate of drug-likeness (QED) is 0.515. The fraction of sp³-hybridized carbons (Fsp3) is 0.529. The van der Waals surface area contributed by atoms with Crippen LogP contribution in [0.3, 0.4) is 0 Å². The molecule has 1 aliphatic heterocycles. The van der Waals surface area contributed by atoms with Gasteiger partial charge < -0.3 is 29.0 Å². The van der Waals surface area contributed by atoms with Crippen molar-refractivity contribution < 1.29 is 33.6 Å². The SMILES string of the molecule is COC(=O)C(C)CN(CCOCCO)C(=O)c1ccc2c(c1)OCO2. The number of carbonyl (C=O) groups excluding carboxylic acids is 2. The molecular weight excluding hydrogens is 330 g/mol. The molecule has 1 amide bonds. The van der Waals surface area contributed by atoms with Crippen molar-refractivity contribution in [3.8, 4) is 11.5 Å². The third-order valence-electron chi connectivity index (χ3n) is 3.75. The maximum atomic E-state index is 12.8. The van der Waals surface area contributed by atoms with Crippen molar-refractivity contribution in [1.82, 2.24) is 4.90 Å². The van der Waals surface area contributed by atoms with Gasteiger partial charge in [-0.05, 0) is 18.2 Å². The maximum absolute atomic E-state index is 12.8. The molecular formula is C17H23NO7. The normalized spacial score (nSPS) is 13.4. The van der Waals surface area contributed by atoms with Crippen molar-refractivity contribution in [2.75, 3.05) is 46.8 Å². The van der Waals surface area contributed by atoms with E-state index in [0.717, 1.165) is 0 Å². The Hall–Kier alpha value is -2.32. The molecule has 0 spiro atoms. The van der Waals surface area contributed by atoms with Crippen molar-refractivity contribution in [3.63, 3.8) is 0 Å². The minimum absolute atomic E-state index is 0.0886. The Kier molecular flexibility index (Phi) is 7.03. The van der Waals surface area contributed by atoms with E-state index in [2.05, 4.69) is 0 Å². The predicted molar refractivity (Wildman–Crippen MR) is 87.6 cm³/mol. The Balaban J connectivity index is 2.09. The standard InChI is InChI=1S/C17H23NO7/c1-12(17(21)22-2)10-18(5-7-23-8-6-19)16(20)13-3-4-14-15(9-13)25-11-24-14/h3-4,9,12,19H,5-8,10-11H2,1-2H3. The van der Waals surface area contributed by atoms with Crippen molar-refractivity contribution >= 4 is 11.9 Å². The van der Waals surface area contributed by atoms with E-state index in [4.69, 9.17) is 24.1 Å². The summed E-state index contributed by atoms with van der Waals surface area (Å²) in [4.78, 5) is 26.0. The molecule has 1 unspecified atom stereocenters. The third-order valence-corrected chi connectivity index (χ3v) is 3.75. The van der Waals surface area contributed by atoms with Gasteiger partial charge in [0.05, 0.1) is 32.8 Å². The second-order valence-electron chi connectivity index (χ2n) is 5.58. The number of hydrogen-bond donors (Lipinski definition) is 1. The molecule has 1 aromatic carbocycles. The number of nitrogens with zero attached hydrogens (tertiary/aromatic N) is 1. The molecule has 0 bridgehead atoms. The first kappa shape index (κ1) is 19.0. The minimum atomic E-state index is -0.471. The molecule has 8 nitrogen and oxygen atoms in total. The Morgan fingerprint density at radius 1 is 1.28 bits per heavy atom. The molecule has 0 fully saturated rings. The highest BCUT2D eigenvalue weighted by Crippen LogP contribution is 2.32. The van der Waals surface area contributed by atoms with Crippen LogP contribution < -0.4 is 9.47 Å². The number of fused-ring (bicyclic) bond motifs is 1. The molecule has 138 valence electrons. The number of ether oxygens (including phenoxy) is 4. The van der Waals surface area contributed by atoms with E-state index in [9.17, 15) is 9.59 Å². The molecule has 8 heteroatoms. The van der Waals surface area contributed by atoms with E-state index in [1.165, 1.54) is 12.0 Å². The largest absolute Gasteiger partial charge is 0.469 e. The van der Waals surface area contributed by atoms with Gasteiger partial charge in [0.1, 0.15) is 0 Å². The van der Waals surface area contributed by atoms with E-state index >= 15 is 0 Å². The number of carbonyl (C=O) groups is 2. The maximum Gasteiger partial charge on any atom is 0.310 e. The Morgan fingerprint density at radius 2 is 2.04 bits per heavy atom. The fourth-order valence-electron chi connectivity index (χ4n) is 2.44. The molecule has 1 aliphatic rings. The third kappa shape index (κ3) is 5.07. The van der Waals surface area contributed by atoms with E-state index in [0.29, 0.717) is 17.1 Å². The average Bonchev–Trinajstić information content (AvgIpc) is 3.10. The zero-order valence-electron chi connectivity index (χ0n) is 14.4. The summed E-state index contributed by atoms with van der Waals surface area (Å²) in [6, 6.07) is 4.95. The number of aliphatic hydroxyl groups is 1. The fourth-order valence-corrected chi connectivity index (χ4v) is 2.44. The van der Waals surface area contributed by atoms with Gasteiger partial charge in [-0.25, -0.2) is 0 Å². The Bertz CT molecular complexity index is 605. The predicted octanol–water partition coefficient (Wildman–Crippen LogP) is 0.675. The molecule has 25 heavy (non-hydrogen) atoms. The lowest BCUT2D eigenvalue weighted by atomic mass is 10.1. The van der Waals surface area contributed by atoms with Gasteiger partial charge in [0.15, 0.2) is 11.5 Å². The van der Waals surface area contributed by atoms with Gasteiger partial charge in [0.2, 0.25) is 6.79 Å². The summed E-state index contributed by atoms with van der Waals surface area (Å²) >= 11 is 0. The van der Waals surface area contributed by atoms with Gasteiger partial charge in [-0.2, -0.15) is 0 Å². The lowest BCUT2D eigenvalue weighted by Gasteiger charge is -2.25. The lowest BCUT2D eigenvalue weighted by Crippen LogP contribution is -2.39. The first-order valence-corrected chi connectivity index (χ1v) is 8.02. The molecule has 0 aliphatic carbocycles. The highest BCUT2D eigenvalue weighted by atomic mass is 16.7. The van der Waals surface area contributed by atoms with Crippen LogP contribution in [0.2, 0.25) is 0 Å². The van der Waals surface area contributed by atoms with Crippen molar-refractivity contribution in [3.05, 3.63) is 23.8 Å². The summed E-state index contributed by atoms with van der Waals surface area (Å²) in [5.41, 5.74) is 0.434. The van der Waals surface area contributed by atoms with Crippen molar-refractivity contribution in [1.29, 1.82) is 0 Å². The van der Waals surface area contributed by atoms with Crippen LogP contribution in [-0.2, 0) is 14.3 Å². The van der Waals surface area contributed by atoms with E-state index in [1.807, 2.05) is 0 Å². The van der Waals surface area contributed by atoms with E-state index in [-0.39, 0.29) is 51.6 Å². The molecule has 0 radical (unpaired) electrons. The van der Waals surface area contributed by atoms with Gasteiger partial charge >= 0.3 is 5.97 Å². The van der Waals surface area contributed by atoms with Crippen LogP contribution in [-0.4, -0.2) is 68.7 Å². The van der Waals surface area contributed by atoms with Gasteiger partial charge in [-0.15, -0.1) is 0 Å². The molecule has 1 atom stereocenters. The van der Waals surface area contributed by atoms with Crippen LogP contribution in [0.5, 0.6) is 11.5 Å². The summed E-state index contributed by atoms with van der Waals surface area (Å²) in [6.45, 7) is 2.67. The summed E-state index contributed by atoms with van der Waals surface area (Å²) in [6.07, 6.45) is 0. The van der Waals surface area contributed by atoms with Crippen LogP contribution in [0.4, 0.5) is 0 Å². The van der Waals surface area contributed by atoms with Gasteiger partial charge in [-0.3, -0.25) is 9.59 Å². The highest BCUT2D eigenvalue weighted by Gasteiger charge is 2.24. The topological polar surface area (TPSA) is 94.5 Å². The molecule has 1 heterocycles. The van der Waals surface area contributed by atoms with E-state index in [1.54, 1.807) is 25.1 Å². The van der Waals surface area contributed by atoms with Gasteiger partial charge in [-0.1, -0.05) is 6.92 Å². The number of esters is 1. The zero-order valence-corrected chi connectivity index (χ0v) is 14.4. The second-order valence-corrected chi connectivity index (χ2v) is 5.58. The number of aliphatic hydroxyl groups excluding tert-OH is 1. The van der Waals surface area contributed by atoms with Crippen LogP contribution >= 0.6 is 0 Å². The molecule has 0 aromatic heterocycles. The summed E-state index contributed by atoms with van der Waals surface area (Å²) < 4.78 is 20.5. The van der Waals surface area contributed by atoms with Crippen LogP contribution in [0, 0.1) is 5.92 Å². The Morgan fingerprint density at radius 3 is 2.76 bits per heavy atom. The number of benzene rings is 1. The van der Waals surface area contributed by atoms with E-state index < -0.39 is 5.92 Å². The molecule has 1 aromatic rings. The smallest absolute Gasteiger partial charge is 0.310 e. The molecule has 1 N–H and O–H groups in total. The van der Waals surface area contributed by atoms with Gasteiger partial charge in [0, 0.05) is 18.7 Å². The Labute approximate surface area is 146 Å². The number of amides is 1. The van der Waals surface area contributed by atoms with Crippen LogP contribution in [0.25, 0.3) is 0 Å². The van der Waals surface area contributed by atoms with Crippen LogP contribution in [0.1, 0.15) is 17.3 Å². The van der Waals surface area contributed by atoms with Crippen molar-refractivity contribution in [2.45, 2.75) is 6.92 Å².